The number of nitrogens with zero attached hydrogens (tertiary/aromatic N) is 2. The summed E-state index contributed by atoms with van der Waals surface area (Å²) in [4.78, 5) is 35.5. The molecule has 2 heterocycles. The van der Waals surface area contributed by atoms with Crippen molar-refractivity contribution in [2.75, 3.05) is 11.9 Å². The average Bonchev–Trinajstić information content (AvgIpc) is 2.93. The number of hydrogen-bond donors (Lipinski definition) is 1. The van der Waals surface area contributed by atoms with Crippen molar-refractivity contribution in [2.24, 2.45) is 7.05 Å². The number of aryl methyl sites for hydroxylation is 2. The number of thiophene rings is 1. The number of aromatic nitrogens is 1. The van der Waals surface area contributed by atoms with Gasteiger partial charge in [0.15, 0.2) is 0 Å². The number of fused-ring (bicyclic) bond motifs is 1. The van der Waals surface area contributed by atoms with Crippen molar-refractivity contribution in [3.8, 4) is 0 Å². The molecule has 0 saturated heterocycles. The summed E-state index contributed by atoms with van der Waals surface area (Å²) in [6.45, 7) is 1.88. The zero-order valence-electron chi connectivity index (χ0n) is 11.9. The van der Waals surface area contributed by atoms with Crippen molar-refractivity contribution in [1.29, 1.82) is 0 Å². The summed E-state index contributed by atoms with van der Waals surface area (Å²) in [5.74, 6) is -0.538. The molecule has 0 saturated carbocycles. The fraction of sp³-hybridized carbons (Fsp3) is 0.214. The number of carbonyl (C=O) groups is 2. The molecule has 1 N–H and O–H groups in total. The van der Waals surface area contributed by atoms with E-state index in [1.54, 1.807) is 34.9 Å². The molecule has 110 valence electrons. The second-order valence-electron chi connectivity index (χ2n) is 4.53. The molecule has 2 aromatic rings. The lowest BCUT2D eigenvalue weighted by atomic mass is 10.2. The summed E-state index contributed by atoms with van der Waals surface area (Å²) in [5, 5.41) is 3.94. The van der Waals surface area contributed by atoms with Gasteiger partial charge in [-0.2, -0.15) is 0 Å². The predicted octanol–water partition coefficient (Wildman–Crippen LogP) is 1.13. The number of imide groups is 1. The van der Waals surface area contributed by atoms with Gasteiger partial charge in [0.25, 0.3) is 11.5 Å². The fourth-order valence-corrected chi connectivity index (χ4v) is 3.09. The summed E-state index contributed by atoms with van der Waals surface area (Å²) < 4.78 is 2.62. The molecule has 0 bridgehead atoms. The monoisotopic (exact) mass is 305 g/mol. The first-order chi connectivity index (χ1) is 9.97. The van der Waals surface area contributed by atoms with Crippen LogP contribution in [-0.2, 0) is 16.6 Å². The lowest BCUT2D eigenvalue weighted by molar-refractivity contribution is -0.121. The molecule has 6 nitrogen and oxygen atoms in total. The highest BCUT2D eigenvalue weighted by atomic mass is 32.1. The summed E-state index contributed by atoms with van der Waals surface area (Å²) >= 11 is 1.56. The quantitative estimate of drug-likeness (QED) is 0.679. The van der Waals surface area contributed by atoms with Gasteiger partial charge < -0.3 is 9.47 Å². The maximum absolute atomic E-state index is 12.4. The molecular weight excluding hydrogens is 290 g/mol. The normalized spacial score (nSPS) is 11.0. The molecule has 2 aromatic heterocycles. The van der Waals surface area contributed by atoms with Crippen LogP contribution in [-0.4, -0.2) is 23.9 Å². The Morgan fingerprint density at radius 2 is 2.19 bits per heavy atom. The van der Waals surface area contributed by atoms with Gasteiger partial charge in [-0.05, 0) is 23.9 Å². The number of pyridine rings is 1. The van der Waals surface area contributed by atoms with E-state index in [0.29, 0.717) is 12.1 Å². The van der Waals surface area contributed by atoms with Gasteiger partial charge >= 0.3 is 0 Å². The van der Waals surface area contributed by atoms with E-state index in [2.05, 4.69) is 0 Å². The summed E-state index contributed by atoms with van der Waals surface area (Å²) in [7, 11) is 3.41. The van der Waals surface area contributed by atoms with Crippen LogP contribution in [0.15, 0.2) is 28.5 Å². The van der Waals surface area contributed by atoms with Gasteiger partial charge in [0.05, 0.1) is 10.2 Å². The van der Waals surface area contributed by atoms with Gasteiger partial charge in [-0.15, -0.1) is 11.3 Å². The Labute approximate surface area is 125 Å². The molecule has 2 rings (SSSR count). The van der Waals surface area contributed by atoms with E-state index in [1.807, 2.05) is 23.7 Å². The number of carbonyl (C=O) groups excluding carboxylic acids is 2. The van der Waals surface area contributed by atoms with Crippen molar-refractivity contribution in [2.45, 2.75) is 6.92 Å². The third-order valence-electron chi connectivity index (χ3n) is 3.21. The first-order valence-corrected chi connectivity index (χ1v) is 7.07. The van der Waals surface area contributed by atoms with Crippen LogP contribution in [0.1, 0.15) is 5.56 Å². The van der Waals surface area contributed by atoms with Gasteiger partial charge in [-0.1, -0.05) is 0 Å². The van der Waals surface area contributed by atoms with Crippen LogP contribution in [0.2, 0.25) is 0 Å². The van der Waals surface area contributed by atoms with Crippen LogP contribution in [0.3, 0.4) is 0 Å². The highest BCUT2D eigenvalue weighted by molar-refractivity contribution is 7.17. The molecule has 0 aliphatic heterocycles. The van der Waals surface area contributed by atoms with Crippen LogP contribution in [0, 0.1) is 6.92 Å². The Morgan fingerprint density at radius 3 is 2.86 bits per heavy atom. The van der Waals surface area contributed by atoms with E-state index in [0.717, 1.165) is 15.8 Å². The van der Waals surface area contributed by atoms with Crippen LogP contribution in [0.25, 0.3) is 10.2 Å². The molecule has 2 amide bonds. The third kappa shape index (κ3) is 2.73. The molecule has 0 aliphatic rings. The lowest BCUT2D eigenvalue weighted by Crippen LogP contribution is -2.27. The second-order valence-corrected chi connectivity index (χ2v) is 5.44. The zero-order valence-corrected chi connectivity index (χ0v) is 12.7. The number of rotatable bonds is 4. The molecule has 0 atom stereocenters. The van der Waals surface area contributed by atoms with E-state index in [-0.39, 0.29) is 5.56 Å². The molecule has 21 heavy (non-hydrogen) atoms. The highest BCUT2D eigenvalue weighted by Crippen LogP contribution is 2.28. The minimum atomic E-state index is -0.538. The van der Waals surface area contributed by atoms with Crippen LogP contribution < -0.4 is 15.8 Å². The standard InChI is InChI=1S/C14H15N3O3S/c1-9-12(16(2)6-4-11(19)15-8-18)14(20)17(3)10-5-7-21-13(9)10/h4-8H,1-3H3,(H,15,18,19)/b6-4-. The molecule has 0 aromatic carbocycles. The Hall–Kier alpha value is -2.41. The number of hydrogen-bond acceptors (Lipinski definition) is 5. The molecule has 0 radical (unpaired) electrons. The number of nitrogens with one attached hydrogen (secondary N) is 1. The van der Waals surface area contributed by atoms with E-state index in [1.165, 1.54) is 12.3 Å². The SMILES string of the molecule is Cc1c(N(C)/C=C\C(=O)NC=O)c(=O)n(C)c2ccsc12. The van der Waals surface area contributed by atoms with E-state index in [9.17, 15) is 14.4 Å². The number of amides is 2. The fourth-order valence-electron chi connectivity index (χ4n) is 2.16. The highest BCUT2D eigenvalue weighted by Gasteiger charge is 2.15. The molecule has 0 unspecified atom stereocenters. The average molecular weight is 305 g/mol. The molecule has 0 spiro atoms. The number of anilines is 1. The first-order valence-electron chi connectivity index (χ1n) is 6.19. The largest absolute Gasteiger partial charge is 0.346 e. The first kappa shape index (κ1) is 15.0. The van der Waals surface area contributed by atoms with Crippen molar-refractivity contribution in [3.63, 3.8) is 0 Å². The van der Waals surface area contributed by atoms with E-state index < -0.39 is 5.91 Å². The van der Waals surface area contributed by atoms with Gasteiger partial charge in [0, 0.05) is 26.4 Å². The minimum absolute atomic E-state index is 0.138. The van der Waals surface area contributed by atoms with Crippen LogP contribution in [0.5, 0.6) is 0 Å². The van der Waals surface area contributed by atoms with Gasteiger partial charge in [0.2, 0.25) is 6.41 Å². The molecular formula is C14H15N3O3S. The Kier molecular flexibility index (Phi) is 4.23. The summed E-state index contributed by atoms with van der Waals surface area (Å²) in [6.07, 6.45) is 2.97. The van der Waals surface area contributed by atoms with Gasteiger partial charge in [0.1, 0.15) is 5.69 Å². The van der Waals surface area contributed by atoms with E-state index >= 15 is 0 Å². The predicted molar refractivity (Wildman–Crippen MR) is 83.6 cm³/mol. The van der Waals surface area contributed by atoms with Gasteiger partial charge in [-0.3, -0.25) is 19.7 Å². The minimum Gasteiger partial charge on any atom is -0.346 e. The maximum Gasteiger partial charge on any atom is 0.274 e. The van der Waals surface area contributed by atoms with Crippen molar-refractivity contribution >= 4 is 39.6 Å². The summed E-state index contributed by atoms with van der Waals surface area (Å²) in [5.41, 5.74) is 2.12. The van der Waals surface area contributed by atoms with Crippen molar-refractivity contribution < 1.29 is 9.59 Å². The van der Waals surface area contributed by atoms with Crippen molar-refractivity contribution in [3.05, 3.63) is 39.6 Å². The van der Waals surface area contributed by atoms with Crippen LogP contribution >= 0.6 is 11.3 Å². The maximum atomic E-state index is 12.4. The van der Waals surface area contributed by atoms with Gasteiger partial charge in [-0.25, -0.2) is 0 Å². The summed E-state index contributed by atoms with van der Waals surface area (Å²) in [6, 6.07) is 1.91. The molecule has 0 fully saturated rings. The van der Waals surface area contributed by atoms with Crippen molar-refractivity contribution in [1.82, 2.24) is 9.88 Å². The molecule has 0 aliphatic carbocycles. The zero-order chi connectivity index (χ0) is 15.6. The van der Waals surface area contributed by atoms with Crippen LogP contribution in [0.4, 0.5) is 5.69 Å². The Morgan fingerprint density at radius 1 is 1.48 bits per heavy atom. The smallest absolute Gasteiger partial charge is 0.274 e. The Balaban J connectivity index is 2.48. The van der Waals surface area contributed by atoms with E-state index in [4.69, 9.17) is 0 Å². The second kappa shape index (κ2) is 5.92. The third-order valence-corrected chi connectivity index (χ3v) is 4.24. The topological polar surface area (TPSA) is 71.4 Å². The molecule has 7 heteroatoms. The Bertz CT molecular complexity index is 789. The lowest BCUT2D eigenvalue weighted by Gasteiger charge is -2.18.